The highest BCUT2D eigenvalue weighted by atomic mass is 16.3. The molecular formula is C47H30N2O2. The van der Waals surface area contributed by atoms with Gasteiger partial charge in [-0.05, 0) is 82.2 Å². The highest BCUT2D eigenvalue weighted by Crippen LogP contribution is 2.45. The van der Waals surface area contributed by atoms with Crippen LogP contribution in [0.2, 0.25) is 0 Å². The van der Waals surface area contributed by atoms with Crippen LogP contribution in [0.3, 0.4) is 0 Å². The Kier molecular flexibility index (Phi) is 6.78. The smallest absolute Gasteiger partial charge is 0.227 e. The Morgan fingerprint density at radius 2 is 1.00 bits per heavy atom. The molecule has 240 valence electrons. The second kappa shape index (κ2) is 11.9. The predicted octanol–water partition coefficient (Wildman–Crippen LogP) is 13.4. The summed E-state index contributed by atoms with van der Waals surface area (Å²) >= 11 is 0. The molecule has 4 nitrogen and oxygen atoms in total. The van der Waals surface area contributed by atoms with E-state index in [4.69, 9.17) is 13.8 Å². The number of para-hydroxylation sites is 1. The Morgan fingerprint density at radius 3 is 1.80 bits per heavy atom. The third kappa shape index (κ3) is 5.04. The van der Waals surface area contributed by atoms with Crippen LogP contribution >= 0.6 is 0 Å². The first-order valence-corrected chi connectivity index (χ1v) is 17.1. The number of nitrogens with zero attached hydrogens (tertiary/aromatic N) is 2. The first-order chi connectivity index (χ1) is 25.3. The summed E-state index contributed by atoms with van der Waals surface area (Å²) in [5.41, 5.74) is 11.7. The lowest BCUT2D eigenvalue weighted by atomic mass is 10.0. The van der Waals surface area contributed by atoms with Gasteiger partial charge in [0.15, 0.2) is 5.58 Å². The standard InChI is InChI=1S/C47H30N2O2/c1-3-12-31(13-4-1)33-22-24-34(25-23-33)47-48-45-39-19-8-7-16-36(39)29-42(46(45)51-47)49(37-18-11-17-35(28-37)32-14-5-2-6-15-32)38-26-27-44-41(30-38)40-20-9-10-21-43(40)50-44/h1-30H. The van der Waals surface area contributed by atoms with Gasteiger partial charge in [0.05, 0.1) is 5.69 Å². The summed E-state index contributed by atoms with van der Waals surface area (Å²) in [5, 5.41) is 4.26. The van der Waals surface area contributed by atoms with Crippen molar-refractivity contribution in [3.8, 4) is 33.7 Å². The van der Waals surface area contributed by atoms with Gasteiger partial charge in [-0.15, -0.1) is 0 Å². The van der Waals surface area contributed by atoms with Crippen LogP contribution in [0.4, 0.5) is 17.1 Å². The number of furan rings is 1. The zero-order chi connectivity index (χ0) is 33.7. The quantitative estimate of drug-likeness (QED) is 0.179. The van der Waals surface area contributed by atoms with E-state index in [2.05, 4.69) is 163 Å². The molecule has 0 unspecified atom stereocenters. The fraction of sp³-hybridized carbons (Fsp3) is 0. The van der Waals surface area contributed by atoms with Crippen molar-refractivity contribution < 1.29 is 8.83 Å². The summed E-state index contributed by atoms with van der Waals surface area (Å²) in [6, 6.07) is 63.2. The van der Waals surface area contributed by atoms with E-state index in [9.17, 15) is 0 Å². The van der Waals surface area contributed by atoms with Crippen LogP contribution in [0, 0.1) is 0 Å². The molecule has 0 N–H and O–H groups in total. The van der Waals surface area contributed by atoms with Gasteiger partial charge in [0.1, 0.15) is 16.7 Å². The highest BCUT2D eigenvalue weighted by molar-refractivity contribution is 6.12. The maximum absolute atomic E-state index is 6.85. The van der Waals surface area contributed by atoms with E-state index in [1.165, 1.54) is 5.56 Å². The minimum absolute atomic E-state index is 0.580. The van der Waals surface area contributed by atoms with E-state index in [-0.39, 0.29) is 0 Å². The molecule has 2 aromatic heterocycles. The number of aromatic nitrogens is 1. The van der Waals surface area contributed by atoms with E-state index < -0.39 is 0 Å². The molecule has 0 fully saturated rings. The Morgan fingerprint density at radius 1 is 0.392 bits per heavy atom. The maximum Gasteiger partial charge on any atom is 0.227 e. The topological polar surface area (TPSA) is 42.4 Å². The highest BCUT2D eigenvalue weighted by Gasteiger charge is 2.23. The summed E-state index contributed by atoms with van der Waals surface area (Å²) in [6.07, 6.45) is 0. The summed E-state index contributed by atoms with van der Waals surface area (Å²) in [6.45, 7) is 0. The number of fused-ring (bicyclic) bond motifs is 6. The van der Waals surface area contributed by atoms with Crippen LogP contribution in [-0.4, -0.2) is 4.98 Å². The van der Waals surface area contributed by atoms with Crippen LogP contribution < -0.4 is 4.90 Å². The lowest BCUT2D eigenvalue weighted by molar-refractivity contribution is 0.620. The molecule has 2 heterocycles. The molecule has 0 saturated carbocycles. The van der Waals surface area contributed by atoms with Gasteiger partial charge >= 0.3 is 0 Å². The molecule has 51 heavy (non-hydrogen) atoms. The van der Waals surface area contributed by atoms with Crippen LogP contribution in [-0.2, 0) is 0 Å². The summed E-state index contributed by atoms with van der Waals surface area (Å²) in [4.78, 5) is 7.47. The Bertz CT molecular complexity index is 2850. The molecule has 0 atom stereocenters. The van der Waals surface area contributed by atoms with Gasteiger partial charge in [0.25, 0.3) is 0 Å². The van der Waals surface area contributed by atoms with Gasteiger partial charge in [-0.2, -0.15) is 0 Å². The fourth-order valence-corrected chi connectivity index (χ4v) is 7.19. The number of hydrogen-bond donors (Lipinski definition) is 0. The lowest BCUT2D eigenvalue weighted by Gasteiger charge is -2.26. The van der Waals surface area contributed by atoms with E-state index in [0.29, 0.717) is 5.89 Å². The minimum atomic E-state index is 0.580. The van der Waals surface area contributed by atoms with Crippen molar-refractivity contribution in [1.29, 1.82) is 0 Å². The Balaban J connectivity index is 1.21. The average molecular weight is 655 g/mol. The maximum atomic E-state index is 6.85. The number of oxazole rings is 1. The van der Waals surface area contributed by atoms with Crippen LogP contribution in [0.1, 0.15) is 0 Å². The third-order valence-electron chi connectivity index (χ3n) is 9.68. The first kappa shape index (κ1) is 29.0. The predicted molar refractivity (Wildman–Crippen MR) is 210 cm³/mol. The Hall–Kier alpha value is -6.91. The average Bonchev–Trinajstić information content (AvgIpc) is 3.82. The van der Waals surface area contributed by atoms with Crippen LogP contribution in [0.5, 0.6) is 0 Å². The molecule has 0 saturated heterocycles. The molecule has 0 bridgehead atoms. The molecule has 10 aromatic rings. The van der Waals surface area contributed by atoms with Gasteiger partial charge < -0.3 is 13.7 Å². The van der Waals surface area contributed by atoms with Crippen molar-refractivity contribution >= 4 is 60.9 Å². The molecule has 10 rings (SSSR count). The molecular weight excluding hydrogens is 625 g/mol. The SMILES string of the molecule is c1ccc(-c2ccc(-c3nc4c(o3)c(N(c3cccc(-c5ccccc5)c3)c3ccc5oc6ccccc6c5c3)cc3ccccc34)cc2)cc1. The third-order valence-corrected chi connectivity index (χ3v) is 9.68. The van der Waals surface area contributed by atoms with Gasteiger partial charge in [-0.25, -0.2) is 4.98 Å². The molecule has 0 amide bonds. The summed E-state index contributed by atoms with van der Waals surface area (Å²) < 4.78 is 13.1. The van der Waals surface area contributed by atoms with Gasteiger partial charge in [-0.1, -0.05) is 127 Å². The molecule has 4 heteroatoms. The van der Waals surface area contributed by atoms with Crippen molar-refractivity contribution in [1.82, 2.24) is 4.98 Å². The lowest BCUT2D eigenvalue weighted by Crippen LogP contribution is -2.10. The zero-order valence-electron chi connectivity index (χ0n) is 27.5. The number of anilines is 3. The minimum Gasteiger partial charge on any atom is -0.456 e. The van der Waals surface area contributed by atoms with E-state index in [1.54, 1.807) is 0 Å². The fourth-order valence-electron chi connectivity index (χ4n) is 7.19. The largest absolute Gasteiger partial charge is 0.456 e. The van der Waals surface area contributed by atoms with E-state index in [0.717, 1.165) is 83.1 Å². The van der Waals surface area contributed by atoms with Gasteiger partial charge in [0.2, 0.25) is 5.89 Å². The summed E-state index contributed by atoms with van der Waals surface area (Å²) in [7, 11) is 0. The zero-order valence-corrected chi connectivity index (χ0v) is 27.5. The molecule has 0 spiro atoms. The molecule has 0 aliphatic carbocycles. The monoisotopic (exact) mass is 654 g/mol. The normalized spacial score (nSPS) is 11.5. The summed E-state index contributed by atoms with van der Waals surface area (Å²) in [5.74, 6) is 0.580. The van der Waals surface area contributed by atoms with Crippen molar-refractivity contribution in [3.05, 3.63) is 182 Å². The van der Waals surface area contributed by atoms with Gasteiger partial charge in [0, 0.05) is 33.1 Å². The van der Waals surface area contributed by atoms with Crippen molar-refractivity contribution in [2.45, 2.75) is 0 Å². The van der Waals surface area contributed by atoms with E-state index >= 15 is 0 Å². The number of benzene rings is 8. The second-order valence-corrected chi connectivity index (χ2v) is 12.8. The Labute approximate surface area is 294 Å². The first-order valence-electron chi connectivity index (χ1n) is 17.1. The molecule has 0 radical (unpaired) electrons. The van der Waals surface area contributed by atoms with Gasteiger partial charge in [-0.3, -0.25) is 0 Å². The van der Waals surface area contributed by atoms with Crippen molar-refractivity contribution in [3.63, 3.8) is 0 Å². The number of hydrogen-bond acceptors (Lipinski definition) is 4. The van der Waals surface area contributed by atoms with Crippen molar-refractivity contribution in [2.24, 2.45) is 0 Å². The number of rotatable bonds is 6. The van der Waals surface area contributed by atoms with Crippen molar-refractivity contribution in [2.75, 3.05) is 4.90 Å². The molecule has 8 aromatic carbocycles. The van der Waals surface area contributed by atoms with E-state index in [1.807, 2.05) is 24.3 Å². The molecule has 0 aliphatic heterocycles. The van der Waals surface area contributed by atoms with Crippen LogP contribution in [0.15, 0.2) is 191 Å². The molecule has 0 aliphatic rings. The second-order valence-electron chi connectivity index (χ2n) is 12.8. The van der Waals surface area contributed by atoms with Crippen LogP contribution in [0.25, 0.3) is 77.5 Å².